The first-order valence-corrected chi connectivity index (χ1v) is 6.82. The molecule has 2 aromatic carbocycles. The van der Waals surface area contributed by atoms with Gasteiger partial charge in [-0.05, 0) is 30.3 Å². The monoisotopic (exact) mass is 340 g/mol. The summed E-state index contributed by atoms with van der Waals surface area (Å²) < 4.78 is 6.53. The first kappa shape index (κ1) is 12.1. The Morgan fingerprint density at radius 1 is 0.944 bits per heavy atom. The minimum Gasteiger partial charge on any atom is -0.464 e. The minimum absolute atomic E-state index is 0.616. The molecule has 0 radical (unpaired) electrons. The minimum atomic E-state index is 0.616. The molecule has 0 atom stereocenters. The Hall–Kier alpha value is -0.960. The van der Waals surface area contributed by atoms with E-state index in [0.717, 1.165) is 26.6 Å². The molecule has 1 nitrogen and oxygen atoms in total. The molecule has 0 spiro atoms. The van der Waals surface area contributed by atoms with E-state index in [4.69, 9.17) is 27.6 Å². The van der Waals surface area contributed by atoms with E-state index < -0.39 is 0 Å². The summed E-state index contributed by atoms with van der Waals surface area (Å²) in [6.45, 7) is 0. The van der Waals surface area contributed by atoms with E-state index in [0.29, 0.717) is 10.0 Å². The molecule has 3 aromatic rings. The normalized spacial score (nSPS) is 11.1. The van der Waals surface area contributed by atoms with Gasteiger partial charge < -0.3 is 4.42 Å². The average Bonchev–Trinajstić information content (AvgIpc) is 2.72. The number of halogens is 3. The lowest BCUT2D eigenvalue weighted by atomic mass is 10.0. The summed E-state index contributed by atoms with van der Waals surface area (Å²) in [5, 5.41) is 2.26. The summed E-state index contributed by atoms with van der Waals surface area (Å²) >= 11 is 15.6. The van der Waals surface area contributed by atoms with Crippen LogP contribution in [-0.4, -0.2) is 0 Å². The molecule has 0 amide bonds. The average molecular weight is 342 g/mol. The molecule has 0 aliphatic heterocycles. The van der Waals surface area contributed by atoms with Crippen LogP contribution in [-0.2, 0) is 0 Å². The number of hydrogen-bond donors (Lipinski definition) is 0. The first-order chi connectivity index (χ1) is 8.65. The Morgan fingerprint density at radius 2 is 1.78 bits per heavy atom. The maximum atomic E-state index is 6.22. The fourth-order valence-corrected chi connectivity index (χ4v) is 2.79. The standard InChI is InChI=1S/C14H7BrCl2O/c15-8-1-4-14-11(5-8)12(7-18-14)10-3-2-9(16)6-13(10)17/h1-7H. The van der Waals surface area contributed by atoms with Crippen LogP contribution < -0.4 is 0 Å². The van der Waals surface area contributed by atoms with Gasteiger partial charge in [0, 0.05) is 26.0 Å². The number of benzene rings is 2. The van der Waals surface area contributed by atoms with Gasteiger partial charge >= 0.3 is 0 Å². The van der Waals surface area contributed by atoms with E-state index in [1.165, 1.54) is 0 Å². The van der Waals surface area contributed by atoms with E-state index in [1.54, 1.807) is 12.3 Å². The largest absolute Gasteiger partial charge is 0.464 e. The van der Waals surface area contributed by atoms with Crippen LogP contribution >= 0.6 is 39.1 Å². The van der Waals surface area contributed by atoms with Gasteiger partial charge in [-0.25, -0.2) is 0 Å². The topological polar surface area (TPSA) is 13.1 Å². The molecule has 3 rings (SSSR count). The zero-order valence-corrected chi connectivity index (χ0v) is 12.2. The highest BCUT2D eigenvalue weighted by molar-refractivity contribution is 9.10. The van der Waals surface area contributed by atoms with Crippen molar-refractivity contribution in [3.8, 4) is 11.1 Å². The zero-order chi connectivity index (χ0) is 12.7. The third kappa shape index (κ3) is 2.05. The van der Waals surface area contributed by atoms with Gasteiger partial charge in [-0.2, -0.15) is 0 Å². The van der Waals surface area contributed by atoms with Gasteiger partial charge in [0.05, 0.1) is 11.3 Å². The van der Waals surface area contributed by atoms with Gasteiger partial charge in [0.25, 0.3) is 0 Å². The van der Waals surface area contributed by atoms with Crippen molar-refractivity contribution in [2.45, 2.75) is 0 Å². The van der Waals surface area contributed by atoms with Crippen molar-refractivity contribution in [2.24, 2.45) is 0 Å². The second kappa shape index (κ2) is 4.61. The lowest BCUT2D eigenvalue weighted by Gasteiger charge is -2.02. The van der Waals surface area contributed by atoms with Crippen molar-refractivity contribution in [1.29, 1.82) is 0 Å². The van der Waals surface area contributed by atoms with Gasteiger partial charge in [-0.15, -0.1) is 0 Å². The summed E-state index contributed by atoms with van der Waals surface area (Å²) in [6, 6.07) is 11.3. The fraction of sp³-hybridized carbons (Fsp3) is 0. The van der Waals surface area contributed by atoms with Crippen molar-refractivity contribution in [3.63, 3.8) is 0 Å². The van der Waals surface area contributed by atoms with Crippen LogP contribution in [0, 0.1) is 0 Å². The molecule has 90 valence electrons. The Labute approximate surface area is 122 Å². The van der Waals surface area contributed by atoms with Crippen LogP contribution in [0.4, 0.5) is 0 Å². The van der Waals surface area contributed by atoms with Crippen LogP contribution in [0.15, 0.2) is 51.6 Å². The molecule has 18 heavy (non-hydrogen) atoms. The van der Waals surface area contributed by atoms with Crippen molar-refractivity contribution in [1.82, 2.24) is 0 Å². The van der Waals surface area contributed by atoms with Crippen LogP contribution in [0.25, 0.3) is 22.1 Å². The summed E-state index contributed by atoms with van der Waals surface area (Å²) in [5.74, 6) is 0. The summed E-state index contributed by atoms with van der Waals surface area (Å²) in [7, 11) is 0. The predicted molar refractivity (Wildman–Crippen MR) is 79.4 cm³/mol. The molecule has 0 bridgehead atoms. The van der Waals surface area contributed by atoms with Crippen molar-refractivity contribution in [2.75, 3.05) is 0 Å². The van der Waals surface area contributed by atoms with Crippen LogP contribution in [0.3, 0.4) is 0 Å². The number of fused-ring (bicyclic) bond motifs is 1. The van der Waals surface area contributed by atoms with Crippen molar-refractivity contribution >= 4 is 50.1 Å². The molecule has 1 heterocycles. The van der Waals surface area contributed by atoms with Crippen molar-refractivity contribution < 1.29 is 4.42 Å². The van der Waals surface area contributed by atoms with Gasteiger partial charge in [-0.1, -0.05) is 45.2 Å². The molecule has 0 aliphatic rings. The first-order valence-electron chi connectivity index (χ1n) is 5.27. The van der Waals surface area contributed by atoms with Gasteiger partial charge in [0.1, 0.15) is 5.58 Å². The molecule has 4 heteroatoms. The Morgan fingerprint density at radius 3 is 2.56 bits per heavy atom. The fourth-order valence-electron chi connectivity index (χ4n) is 1.92. The Kier molecular flexibility index (Phi) is 3.10. The lowest BCUT2D eigenvalue weighted by molar-refractivity contribution is 0.617. The highest BCUT2D eigenvalue weighted by Crippen LogP contribution is 2.37. The lowest BCUT2D eigenvalue weighted by Crippen LogP contribution is -1.78. The molecule has 0 unspecified atom stereocenters. The van der Waals surface area contributed by atoms with E-state index in [-0.39, 0.29) is 0 Å². The van der Waals surface area contributed by atoms with Gasteiger partial charge in [-0.3, -0.25) is 0 Å². The maximum Gasteiger partial charge on any atom is 0.134 e. The Bertz CT molecular complexity index is 734. The smallest absolute Gasteiger partial charge is 0.134 e. The molecule has 0 fully saturated rings. The number of rotatable bonds is 1. The summed E-state index contributed by atoms with van der Waals surface area (Å²) in [6.07, 6.45) is 1.71. The second-order valence-corrected chi connectivity index (χ2v) is 5.67. The van der Waals surface area contributed by atoms with E-state index in [1.807, 2.05) is 30.3 Å². The third-order valence-electron chi connectivity index (χ3n) is 2.76. The summed E-state index contributed by atoms with van der Waals surface area (Å²) in [4.78, 5) is 0. The predicted octanol–water partition coefficient (Wildman–Crippen LogP) is 6.17. The molecule has 0 saturated heterocycles. The van der Waals surface area contributed by atoms with Crippen LogP contribution in [0.5, 0.6) is 0 Å². The van der Waals surface area contributed by atoms with Crippen molar-refractivity contribution in [3.05, 3.63) is 57.2 Å². The Balaban J connectivity index is 2.28. The van der Waals surface area contributed by atoms with Gasteiger partial charge in [0.2, 0.25) is 0 Å². The van der Waals surface area contributed by atoms with E-state index in [9.17, 15) is 0 Å². The van der Waals surface area contributed by atoms with Crippen LogP contribution in [0.1, 0.15) is 0 Å². The zero-order valence-electron chi connectivity index (χ0n) is 9.08. The molecular weight excluding hydrogens is 335 g/mol. The van der Waals surface area contributed by atoms with E-state index in [2.05, 4.69) is 15.9 Å². The SMILES string of the molecule is Clc1ccc(-c2coc3ccc(Br)cc23)c(Cl)c1. The molecular formula is C14H7BrCl2O. The maximum absolute atomic E-state index is 6.22. The highest BCUT2D eigenvalue weighted by Gasteiger charge is 2.11. The highest BCUT2D eigenvalue weighted by atomic mass is 79.9. The third-order valence-corrected chi connectivity index (χ3v) is 3.80. The molecule has 0 saturated carbocycles. The number of furan rings is 1. The van der Waals surface area contributed by atoms with Crippen LogP contribution in [0.2, 0.25) is 10.0 Å². The quantitative estimate of drug-likeness (QED) is 0.516. The van der Waals surface area contributed by atoms with Gasteiger partial charge in [0.15, 0.2) is 0 Å². The summed E-state index contributed by atoms with van der Waals surface area (Å²) in [5.41, 5.74) is 2.71. The second-order valence-electron chi connectivity index (χ2n) is 3.91. The van der Waals surface area contributed by atoms with E-state index >= 15 is 0 Å². The molecule has 0 aliphatic carbocycles. The molecule has 0 N–H and O–H groups in total. The molecule has 1 aromatic heterocycles. The number of hydrogen-bond acceptors (Lipinski definition) is 1.